The van der Waals surface area contributed by atoms with Gasteiger partial charge in [-0.15, -0.1) is 0 Å². The molecule has 4 aliphatic carbocycles. The van der Waals surface area contributed by atoms with Crippen LogP contribution >= 0.6 is 0 Å². The van der Waals surface area contributed by atoms with Crippen LogP contribution in [-0.2, 0) is 4.74 Å². The Morgan fingerprint density at radius 1 is 1.06 bits per heavy atom. The second kappa shape index (κ2) is 4.30. The number of nitrogens with two attached hydrogens (primary N) is 1. The van der Waals surface area contributed by atoms with Crippen LogP contribution in [-0.4, -0.2) is 19.8 Å². The van der Waals surface area contributed by atoms with Gasteiger partial charge < -0.3 is 10.5 Å². The summed E-state index contributed by atoms with van der Waals surface area (Å²) < 4.78 is 5.17. The van der Waals surface area contributed by atoms with Crippen LogP contribution < -0.4 is 5.73 Å². The molecule has 16 heavy (non-hydrogen) atoms. The number of hydrogen-bond donors (Lipinski definition) is 1. The highest BCUT2D eigenvalue weighted by molar-refractivity contribution is 4.98. The number of methoxy groups -OCH3 is 1. The predicted octanol–water partition coefficient (Wildman–Crippen LogP) is 2.42. The third kappa shape index (κ3) is 1.91. The van der Waals surface area contributed by atoms with Gasteiger partial charge in [-0.05, 0) is 68.1 Å². The summed E-state index contributed by atoms with van der Waals surface area (Å²) in [7, 11) is 1.76. The highest BCUT2D eigenvalue weighted by atomic mass is 16.5. The highest BCUT2D eigenvalue weighted by Crippen LogP contribution is 2.57. The molecule has 0 aromatic heterocycles. The zero-order chi connectivity index (χ0) is 11.1. The molecule has 0 radical (unpaired) electrons. The topological polar surface area (TPSA) is 35.2 Å². The van der Waals surface area contributed by atoms with E-state index in [-0.39, 0.29) is 6.04 Å². The van der Waals surface area contributed by atoms with E-state index in [1.165, 1.54) is 32.1 Å². The minimum Gasteiger partial charge on any atom is -0.383 e. The largest absolute Gasteiger partial charge is 0.383 e. The Morgan fingerprint density at radius 3 is 2.12 bits per heavy atom. The van der Waals surface area contributed by atoms with Gasteiger partial charge in [0.2, 0.25) is 0 Å². The summed E-state index contributed by atoms with van der Waals surface area (Å²) in [5.74, 6) is 5.12. The molecule has 2 heteroatoms. The maximum absolute atomic E-state index is 6.14. The Hall–Kier alpha value is -0.0800. The summed E-state index contributed by atoms with van der Waals surface area (Å²) in [5, 5.41) is 0. The van der Waals surface area contributed by atoms with Crippen LogP contribution in [0, 0.1) is 29.6 Å². The summed E-state index contributed by atoms with van der Waals surface area (Å²) in [6.07, 6.45) is 8.80. The van der Waals surface area contributed by atoms with Crippen molar-refractivity contribution < 1.29 is 4.74 Å². The molecule has 0 saturated heterocycles. The highest BCUT2D eigenvalue weighted by Gasteiger charge is 2.48. The van der Waals surface area contributed by atoms with Crippen LogP contribution in [0.2, 0.25) is 0 Å². The SMILES string of the molecule is COCC(N)CC1C2CC3CC(C2)CC1C3. The zero-order valence-electron chi connectivity index (χ0n) is 10.4. The molecule has 4 aliphatic rings. The van der Waals surface area contributed by atoms with E-state index in [4.69, 9.17) is 10.5 Å². The summed E-state index contributed by atoms with van der Waals surface area (Å²) >= 11 is 0. The third-order valence-corrected chi connectivity index (χ3v) is 5.38. The Bertz CT molecular complexity index is 225. The lowest BCUT2D eigenvalue weighted by molar-refractivity contribution is -0.0442. The molecule has 0 aromatic carbocycles. The summed E-state index contributed by atoms with van der Waals surface area (Å²) in [5.41, 5.74) is 6.14. The van der Waals surface area contributed by atoms with Crippen LogP contribution in [0.1, 0.15) is 38.5 Å². The van der Waals surface area contributed by atoms with E-state index in [0.717, 1.165) is 36.2 Å². The number of hydrogen-bond acceptors (Lipinski definition) is 2. The molecule has 1 atom stereocenters. The van der Waals surface area contributed by atoms with E-state index >= 15 is 0 Å². The summed E-state index contributed by atoms with van der Waals surface area (Å²) in [4.78, 5) is 0. The van der Waals surface area contributed by atoms with Crippen LogP contribution in [0.3, 0.4) is 0 Å². The standard InChI is InChI=1S/C14H25NO/c1-16-8-13(15)7-14-11-3-9-2-10(5-11)6-12(14)4-9/h9-14H,2-8,15H2,1H3. The lowest BCUT2D eigenvalue weighted by Gasteiger charge is -2.55. The molecule has 0 amide bonds. The molecule has 4 fully saturated rings. The fourth-order valence-corrected chi connectivity index (χ4v) is 5.05. The monoisotopic (exact) mass is 223 g/mol. The van der Waals surface area contributed by atoms with Crippen molar-refractivity contribution in [3.8, 4) is 0 Å². The van der Waals surface area contributed by atoms with Crippen molar-refractivity contribution in [1.82, 2.24) is 0 Å². The fourth-order valence-electron chi connectivity index (χ4n) is 5.05. The summed E-state index contributed by atoms with van der Waals surface area (Å²) in [6.45, 7) is 0.739. The van der Waals surface area contributed by atoms with Gasteiger partial charge in [0.1, 0.15) is 0 Å². The van der Waals surface area contributed by atoms with Gasteiger partial charge in [0.15, 0.2) is 0 Å². The van der Waals surface area contributed by atoms with Gasteiger partial charge in [0.25, 0.3) is 0 Å². The second-order valence-electron chi connectivity index (χ2n) is 6.55. The van der Waals surface area contributed by atoms with Crippen molar-refractivity contribution >= 4 is 0 Å². The van der Waals surface area contributed by atoms with Crippen molar-refractivity contribution in [2.24, 2.45) is 35.3 Å². The molecule has 0 aliphatic heterocycles. The molecule has 0 spiro atoms. The molecule has 92 valence electrons. The molecule has 2 nitrogen and oxygen atoms in total. The van der Waals surface area contributed by atoms with Crippen molar-refractivity contribution in [3.63, 3.8) is 0 Å². The van der Waals surface area contributed by atoms with Crippen LogP contribution in [0.15, 0.2) is 0 Å². The third-order valence-electron chi connectivity index (χ3n) is 5.38. The van der Waals surface area contributed by atoms with Crippen molar-refractivity contribution in [2.75, 3.05) is 13.7 Å². The predicted molar refractivity (Wildman–Crippen MR) is 65.0 cm³/mol. The van der Waals surface area contributed by atoms with Crippen molar-refractivity contribution in [1.29, 1.82) is 0 Å². The molecule has 2 N–H and O–H groups in total. The average molecular weight is 223 g/mol. The van der Waals surface area contributed by atoms with Gasteiger partial charge in [0.05, 0.1) is 6.61 Å². The fraction of sp³-hybridized carbons (Fsp3) is 1.00. The van der Waals surface area contributed by atoms with E-state index in [1.54, 1.807) is 13.5 Å². The van der Waals surface area contributed by atoms with Gasteiger partial charge in [-0.3, -0.25) is 0 Å². The molecule has 0 aromatic rings. The Balaban J connectivity index is 1.63. The van der Waals surface area contributed by atoms with E-state index < -0.39 is 0 Å². The summed E-state index contributed by atoms with van der Waals surface area (Å²) in [6, 6.07) is 0.271. The molecular formula is C14H25NO. The molecule has 4 saturated carbocycles. The Labute approximate surface area is 98.9 Å². The lowest BCUT2D eigenvalue weighted by atomic mass is 9.51. The van der Waals surface area contributed by atoms with Gasteiger partial charge in [-0.2, -0.15) is 0 Å². The minimum atomic E-state index is 0.271. The van der Waals surface area contributed by atoms with Crippen LogP contribution in [0.4, 0.5) is 0 Å². The molecular weight excluding hydrogens is 198 g/mol. The lowest BCUT2D eigenvalue weighted by Crippen LogP contribution is -2.47. The normalized spacial score (nSPS) is 47.2. The molecule has 1 unspecified atom stereocenters. The first-order valence-electron chi connectivity index (χ1n) is 7.00. The van der Waals surface area contributed by atoms with Gasteiger partial charge in [-0.1, -0.05) is 0 Å². The van der Waals surface area contributed by atoms with Gasteiger partial charge in [-0.25, -0.2) is 0 Å². The number of rotatable bonds is 4. The zero-order valence-corrected chi connectivity index (χ0v) is 10.4. The van der Waals surface area contributed by atoms with Crippen LogP contribution in [0.5, 0.6) is 0 Å². The first-order valence-corrected chi connectivity index (χ1v) is 7.00. The first kappa shape index (κ1) is 11.0. The average Bonchev–Trinajstić information content (AvgIpc) is 2.23. The molecule has 4 rings (SSSR count). The van der Waals surface area contributed by atoms with E-state index in [2.05, 4.69) is 0 Å². The smallest absolute Gasteiger partial charge is 0.0613 e. The second-order valence-corrected chi connectivity index (χ2v) is 6.55. The first-order chi connectivity index (χ1) is 7.76. The molecule has 4 bridgehead atoms. The van der Waals surface area contributed by atoms with E-state index in [0.29, 0.717) is 0 Å². The Kier molecular flexibility index (Phi) is 2.97. The maximum Gasteiger partial charge on any atom is 0.0613 e. The Morgan fingerprint density at radius 2 is 1.62 bits per heavy atom. The van der Waals surface area contributed by atoms with Crippen LogP contribution in [0.25, 0.3) is 0 Å². The number of ether oxygens (including phenoxy) is 1. The minimum absolute atomic E-state index is 0.271. The van der Waals surface area contributed by atoms with E-state index in [9.17, 15) is 0 Å². The maximum atomic E-state index is 6.14. The van der Waals surface area contributed by atoms with Gasteiger partial charge in [0, 0.05) is 13.2 Å². The molecule has 0 heterocycles. The van der Waals surface area contributed by atoms with Crippen molar-refractivity contribution in [2.45, 2.75) is 44.6 Å². The van der Waals surface area contributed by atoms with Crippen molar-refractivity contribution in [3.05, 3.63) is 0 Å². The van der Waals surface area contributed by atoms with Gasteiger partial charge >= 0.3 is 0 Å². The van der Waals surface area contributed by atoms with E-state index in [1.807, 2.05) is 0 Å². The quantitative estimate of drug-likeness (QED) is 0.794.